The van der Waals surface area contributed by atoms with Crippen molar-refractivity contribution in [2.75, 3.05) is 0 Å². The summed E-state index contributed by atoms with van der Waals surface area (Å²) in [5.41, 5.74) is 3.92. The van der Waals surface area contributed by atoms with Gasteiger partial charge in [-0.15, -0.1) is 0 Å². The second-order valence-electron chi connectivity index (χ2n) is 5.58. The van der Waals surface area contributed by atoms with Crippen LogP contribution in [0, 0.1) is 11.2 Å². The van der Waals surface area contributed by atoms with Crippen LogP contribution in [0.15, 0.2) is 22.7 Å². The Hall–Kier alpha value is -0.450. The Kier molecular flexibility index (Phi) is 4.98. The number of hydrogen-bond acceptors (Lipinski definition) is 2. The quantitative estimate of drug-likeness (QED) is 0.634. The van der Waals surface area contributed by atoms with Gasteiger partial charge in [0.15, 0.2) is 0 Å². The molecule has 3 N–H and O–H groups in total. The normalized spacial score (nSPS) is 19.6. The number of hydrogen-bond donors (Lipinski definition) is 2. The third kappa shape index (κ3) is 3.18. The summed E-state index contributed by atoms with van der Waals surface area (Å²) in [4.78, 5) is 0. The average Bonchev–Trinajstić information content (AvgIpc) is 2.88. The van der Waals surface area contributed by atoms with Crippen LogP contribution in [-0.2, 0) is 6.42 Å². The van der Waals surface area contributed by atoms with Crippen molar-refractivity contribution in [2.45, 2.75) is 51.5 Å². The first-order valence-corrected chi connectivity index (χ1v) is 7.80. The smallest absolute Gasteiger partial charge is 0.127 e. The van der Waals surface area contributed by atoms with Crippen molar-refractivity contribution in [3.63, 3.8) is 0 Å². The Labute approximate surface area is 123 Å². The summed E-state index contributed by atoms with van der Waals surface area (Å²) >= 11 is 3.29. The molecule has 0 bridgehead atoms. The summed E-state index contributed by atoms with van der Waals surface area (Å²) in [6.45, 7) is 2.22. The van der Waals surface area contributed by atoms with E-state index in [9.17, 15) is 4.39 Å². The summed E-state index contributed by atoms with van der Waals surface area (Å²) in [6, 6.07) is 5.41. The SMILES string of the molecule is CCC1(C(Cc2ccc(Br)cc2F)NN)CCCC1. The molecular formula is C15H22BrFN2. The summed E-state index contributed by atoms with van der Waals surface area (Å²) in [5, 5.41) is 0. The molecular weight excluding hydrogens is 307 g/mol. The molecule has 2 nitrogen and oxygen atoms in total. The maximum Gasteiger partial charge on any atom is 0.127 e. The molecule has 0 radical (unpaired) electrons. The zero-order chi connectivity index (χ0) is 13.9. The molecule has 106 valence electrons. The van der Waals surface area contributed by atoms with Crippen LogP contribution in [-0.4, -0.2) is 6.04 Å². The van der Waals surface area contributed by atoms with Gasteiger partial charge >= 0.3 is 0 Å². The number of nitrogens with two attached hydrogens (primary N) is 1. The van der Waals surface area contributed by atoms with Gasteiger partial charge in [0.2, 0.25) is 0 Å². The molecule has 0 aromatic heterocycles. The van der Waals surface area contributed by atoms with E-state index < -0.39 is 0 Å². The predicted molar refractivity (Wildman–Crippen MR) is 80.1 cm³/mol. The first-order chi connectivity index (χ1) is 9.11. The van der Waals surface area contributed by atoms with Crippen LogP contribution in [0.3, 0.4) is 0 Å². The molecule has 2 rings (SSSR count). The molecule has 1 aliphatic rings. The highest BCUT2D eigenvalue weighted by atomic mass is 79.9. The Bertz CT molecular complexity index is 430. The highest BCUT2D eigenvalue weighted by Crippen LogP contribution is 2.44. The molecule has 1 aliphatic carbocycles. The Balaban J connectivity index is 2.18. The van der Waals surface area contributed by atoms with Crippen molar-refractivity contribution in [3.05, 3.63) is 34.1 Å². The number of halogens is 2. The summed E-state index contributed by atoms with van der Waals surface area (Å²) in [7, 11) is 0. The second-order valence-corrected chi connectivity index (χ2v) is 6.50. The van der Waals surface area contributed by atoms with Gasteiger partial charge in [0.25, 0.3) is 0 Å². The Morgan fingerprint density at radius 3 is 2.63 bits per heavy atom. The van der Waals surface area contributed by atoms with Crippen LogP contribution in [0.2, 0.25) is 0 Å². The van der Waals surface area contributed by atoms with Crippen molar-refractivity contribution in [3.8, 4) is 0 Å². The molecule has 1 atom stereocenters. The van der Waals surface area contributed by atoms with Crippen molar-refractivity contribution in [2.24, 2.45) is 11.3 Å². The molecule has 1 aromatic rings. The molecule has 0 saturated heterocycles. The van der Waals surface area contributed by atoms with Gasteiger partial charge in [0.1, 0.15) is 5.82 Å². The average molecular weight is 329 g/mol. The standard InChI is InChI=1S/C15H22BrFN2/c1-2-15(7-3-4-8-15)14(19-18)9-11-5-6-12(16)10-13(11)17/h5-6,10,14,19H,2-4,7-9,18H2,1H3. The Morgan fingerprint density at radius 2 is 2.11 bits per heavy atom. The van der Waals surface area contributed by atoms with E-state index in [1.165, 1.54) is 31.7 Å². The first-order valence-electron chi connectivity index (χ1n) is 7.01. The van der Waals surface area contributed by atoms with Gasteiger partial charge in [-0.05, 0) is 48.8 Å². The van der Waals surface area contributed by atoms with Crippen LogP contribution < -0.4 is 11.3 Å². The van der Waals surface area contributed by atoms with Gasteiger partial charge in [-0.1, -0.05) is 41.8 Å². The third-order valence-corrected chi connectivity index (χ3v) is 5.18. The molecule has 1 saturated carbocycles. The van der Waals surface area contributed by atoms with Crippen molar-refractivity contribution < 1.29 is 4.39 Å². The van der Waals surface area contributed by atoms with Gasteiger partial charge in [0, 0.05) is 10.5 Å². The summed E-state index contributed by atoms with van der Waals surface area (Å²) in [5.74, 6) is 5.61. The minimum absolute atomic E-state index is 0.149. The molecule has 1 fully saturated rings. The number of nitrogens with one attached hydrogen (secondary N) is 1. The largest absolute Gasteiger partial charge is 0.271 e. The lowest BCUT2D eigenvalue weighted by Crippen LogP contribution is -2.48. The van der Waals surface area contributed by atoms with Crippen LogP contribution in [0.1, 0.15) is 44.6 Å². The second kappa shape index (κ2) is 6.33. The number of rotatable bonds is 5. The van der Waals surface area contributed by atoms with Gasteiger partial charge in [-0.25, -0.2) is 4.39 Å². The fraction of sp³-hybridized carbons (Fsp3) is 0.600. The van der Waals surface area contributed by atoms with Crippen molar-refractivity contribution in [1.82, 2.24) is 5.43 Å². The minimum Gasteiger partial charge on any atom is -0.271 e. The molecule has 0 amide bonds. The van der Waals surface area contributed by atoms with E-state index in [1.807, 2.05) is 12.1 Å². The fourth-order valence-electron chi connectivity index (χ4n) is 3.39. The van der Waals surface area contributed by atoms with E-state index >= 15 is 0 Å². The molecule has 0 spiro atoms. The van der Waals surface area contributed by atoms with Gasteiger partial charge < -0.3 is 0 Å². The minimum atomic E-state index is -0.154. The highest BCUT2D eigenvalue weighted by Gasteiger charge is 2.39. The monoisotopic (exact) mass is 328 g/mol. The Morgan fingerprint density at radius 1 is 1.42 bits per heavy atom. The van der Waals surface area contributed by atoms with E-state index in [4.69, 9.17) is 5.84 Å². The summed E-state index contributed by atoms with van der Waals surface area (Å²) < 4.78 is 14.7. The van der Waals surface area contributed by atoms with E-state index in [2.05, 4.69) is 28.3 Å². The van der Waals surface area contributed by atoms with E-state index in [0.29, 0.717) is 6.42 Å². The predicted octanol–water partition coefficient (Wildman–Crippen LogP) is 3.93. The van der Waals surface area contributed by atoms with Crippen molar-refractivity contribution in [1.29, 1.82) is 0 Å². The zero-order valence-corrected chi connectivity index (χ0v) is 13.0. The van der Waals surface area contributed by atoms with E-state index in [1.54, 1.807) is 0 Å². The van der Waals surface area contributed by atoms with E-state index in [0.717, 1.165) is 16.5 Å². The van der Waals surface area contributed by atoms with Gasteiger partial charge in [0.05, 0.1) is 0 Å². The molecule has 19 heavy (non-hydrogen) atoms. The maximum atomic E-state index is 14.0. The van der Waals surface area contributed by atoms with Gasteiger partial charge in [-0.2, -0.15) is 0 Å². The summed E-state index contributed by atoms with van der Waals surface area (Å²) in [6.07, 6.45) is 6.65. The molecule has 1 aromatic carbocycles. The van der Waals surface area contributed by atoms with E-state index in [-0.39, 0.29) is 17.3 Å². The van der Waals surface area contributed by atoms with Crippen LogP contribution in [0.4, 0.5) is 4.39 Å². The maximum absolute atomic E-state index is 14.0. The highest BCUT2D eigenvalue weighted by molar-refractivity contribution is 9.10. The lowest BCUT2D eigenvalue weighted by atomic mass is 9.74. The zero-order valence-electron chi connectivity index (χ0n) is 11.4. The van der Waals surface area contributed by atoms with Crippen LogP contribution in [0.5, 0.6) is 0 Å². The molecule has 4 heteroatoms. The number of hydrazine groups is 1. The first kappa shape index (κ1) is 14.9. The number of benzene rings is 1. The lowest BCUT2D eigenvalue weighted by molar-refractivity contribution is 0.184. The topological polar surface area (TPSA) is 38.0 Å². The van der Waals surface area contributed by atoms with Crippen LogP contribution >= 0.6 is 15.9 Å². The fourth-order valence-corrected chi connectivity index (χ4v) is 3.72. The van der Waals surface area contributed by atoms with Crippen LogP contribution in [0.25, 0.3) is 0 Å². The van der Waals surface area contributed by atoms with Gasteiger partial charge in [-0.3, -0.25) is 11.3 Å². The lowest BCUT2D eigenvalue weighted by Gasteiger charge is -2.36. The third-order valence-electron chi connectivity index (χ3n) is 4.68. The molecule has 1 unspecified atom stereocenters. The molecule has 0 heterocycles. The van der Waals surface area contributed by atoms with Crippen molar-refractivity contribution >= 4 is 15.9 Å². The molecule has 0 aliphatic heterocycles.